The Morgan fingerprint density at radius 2 is 1.30 bits per heavy atom. The van der Waals surface area contributed by atoms with E-state index in [4.69, 9.17) is 0 Å². The second kappa shape index (κ2) is 7.87. The van der Waals surface area contributed by atoms with Crippen LogP contribution < -0.4 is 10.6 Å². The number of rotatable bonds is 4. The number of nitrogens with one attached hydrogen (secondary N) is 2. The quantitative estimate of drug-likeness (QED) is 0.680. The maximum atomic E-state index is 12.9. The summed E-state index contributed by atoms with van der Waals surface area (Å²) in [7, 11) is 0. The molecule has 4 nitrogen and oxygen atoms in total. The van der Waals surface area contributed by atoms with Crippen molar-refractivity contribution in [2.45, 2.75) is 20.8 Å². The van der Waals surface area contributed by atoms with Gasteiger partial charge in [0.2, 0.25) is 0 Å². The SMILES string of the molecule is Cc1cc(C)c(NC(=O)c2ccccc2NC(=O)c2ccccc2)c(C)c1. The third-order valence-electron chi connectivity index (χ3n) is 4.37. The van der Waals surface area contributed by atoms with Gasteiger partial charge < -0.3 is 10.6 Å². The van der Waals surface area contributed by atoms with Crippen LogP contribution in [0.2, 0.25) is 0 Å². The Labute approximate surface area is 159 Å². The predicted molar refractivity (Wildman–Crippen MR) is 109 cm³/mol. The highest BCUT2D eigenvalue weighted by Crippen LogP contribution is 2.24. The largest absolute Gasteiger partial charge is 0.321 e. The van der Waals surface area contributed by atoms with Crippen LogP contribution in [0, 0.1) is 20.8 Å². The van der Waals surface area contributed by atoms with Crippen LogP contribution >= 0.6 is 0 Å². The molecule has 0 spiro atoms. The number of amides is 2. The lowest BCUT2D eigenvalue weighted by Gasteiger charge is -2.15. The molecule has 27 heavy (non-hydrogen) atoms. The van der Waals surface area contributed by atoms with Gasteiger partial charge in [0, 0.05) is 11.3 Å². The Balaban J connectivity index is 1.85. The summed E-state index contributed by atoms with van der Waals surface area (Å²) < 4.78 is 0. The lowest BCUT2D eigenvalue weighted by molar-refractivity contribution is 0.102. The molecule has 136 valence electrons. The van der Waals surface area contributed by atoms with Crippen molar-refractivity contribution in [2.24, 2.45) is 0 Å². The molecule has 0 saturated carbocycles. The number of hydrogen-bond acceptors (Lipinski definition) is 2. The minimum atomic E-state index is -0.256. The van der Waals surface area contributed by atoms with Crippen LogP contribution in [-0.2, 0) is 0 Å². The van der Waals surface area contributed by atoms with Crippen molar-refractivity contribution in [3.63, 3.8) is 0 Å². The van der Waals surface area contributed by atoms with Crippen LogP contribution in [0.25, 0.3) is 0 Å². The molecule has 0 aliphatic rings. The highest BCUT2D eigenvalue weighted by molar-refractivity contribution is 6.12. The van der Waals surface area contributed by atoms with E-state index in [1.165, 1.54) is 0 Å². The maximum Gasteiger partial charge on any atom is 0.257 e. The van der Waals surface area contributed by atoms with E-state index >= 15 is 0 Å². The van der Waals surface area contributed by atoms with E-state index in [9.17, 15) is 9.59 Å². The summed E-state index contributed by atoms with van der Waals surface area (Å²) in [4.78, 5) is 25.3. The second-order valence-electron chi connectivity index (χ2n) is 6.59. The Hall–Kier alpha value is -3.40. The molecule has 0 fully saturated rings. The molecule has 2 amide bonds. The van der Waals surface area contributed by atoms with Crippen LogP contribution in [0.3, 0.4) is 0 Å². The Morgan fingerprint density at radius 3 is 1.96 bits per heavy atom. The third-order valence-corrected chi connectivity index (χ3v) is 4.37. The number of carbonyl (C=O) groups is 2. The normalized spacial score (nSPS) is 10.3. The summed E-state index contributed by atoms with van der Waals surface area (Å²) in [5.74, 6) is -0.507. The molecule has 4 heteroatoms. The Morgan fingerprint density at radius 1 is 0.704 bits per heavy atom. The zero-order valence-corrected chi connectivity index (χ0v) is 15.7. The van der Waals surface area contributed by atoms with Crippen molar-refractivity contribution in [1.82, 2.24) is 0 Å². The van der Waals surface area contributed by atoms with Gasteiger partial charge in [0.05, 0.1) is 11.3 Å². The molecule has 3 rings (SSSR count). The molecule has 0 heterocycles. The molecule has 0 atom stereocenters. The zero-order valence-electron chi connectivity index (χ0n) is 15.7. The highest BCUT2D eigenvalue weighted by atomic mass is 16.2. The minimum Gasteiger partial charge on any atom is -0.321 e. The molecule has 3 aromatic carbocycles. The lowest BCUT2D eigenvalue weighted by atomic mass is 10.0. The summed E-state index contributed by atoms with van der Waals surface area (Å²) in [5.41, 5.74) is 5.40. The first kappa shape index (κ1) is 18.4. The van der Waals surface area contributed by atoms with Gasteiger partial charge in [-0.3, -0.25) is 9.59 Å². The standard InChI is InChI=1S/C23H22N2O2/c1-15-13-16(2)21(17(3)14-15)25-23(27)19-11-7-8-12-20(19)24-22(26)18-9-5-4-6-10-18/h4-14H,1-3H3,(H,24,26)(H,25,27). The number of aryl methyl sites for hydroxylation is 3. The molecule has 0 aliphatic heterocycles. The van der Waals surface area contributed by atoms with Crippen molar-refractivity contribution in [1.29, 1.82) is 0 Å². The average molecular weight is 358 g/mol. The van der Waals surface area contributed by atoms with E-state index in [0.717, 1.165) is 22.4 Å². The van der Waals surface area contributed by atoms with Gasteiger partial charge in [0.15, 0.2) is 0 Å². The molecule has 0 bridgehead atoms. The number of hydrogen-bond donors (Lipinski definition) is 2. The fraction of sp³-hybridized carbons (Fsp3) is 0.130. The molecule has 0 saturated heterocycles. The van der Waals surface area contributed by atoms with Crippen molar-refractivity contribution in [3.8, 4) is 0 Å². The summed E-state index contributed by atoms with van der Waals surface area (Å²) in [5, 5.41) is 5.82. The third kappa shape index (κ3) is 4.23. The summed E-state index contributed by atoms with van der Waals surface area (Å²) in [6, 6.07) is 20.0. The van der Waals surface area contributed by atoms with E-state index in [0.29, 0.717) is 16.8 Å². The number of carbonyl (C=O) groups excluding carboxylic acids is 2. The van der Waals surface area contributed by atoms with E-state index in [-0.39, 0.29) is 11.8 Å². The van der Waals surface area contributed by atoms with Crippen molar-refractivity contribution in [3.05, 3.63) is 94.5 Å². The number of benzene rings is 3. The van der Waals surface area contributed by atoms with Crippen molar-refractivity contribution >= 4 is 23.2 Å². The van der Waals surface area contributed by atoms with Crippen LogP contribution in [0.4, 0.5) is 11.4 Å². The summed E-state index contributed by atoms with van der Waals surface area (Å²) in [6.45, 7) is 5.97. The molecule has 3 aromatic rings. The minimum absolute atomic E-state index is 0.251. The summed E-state index contributed by atoms with van der Waals surface area (Å²) in [6.07, 6.45) is 0. The fourth-order valence-corrected chi connectivity index (χ4v) is 3.13. The van der Waals surface area contributed by atoms with Gasteiger partial charge in [0.25, 0.3) is 11.8 Å². The predicted octanol–water partition coefficient (Wildman–Crippen LogP) is 5.12. The molecule has 2 N–H and O–H groups in total. The lowest BCUT2D eigenvalue weighted by Crippen LogP contribution is -2.19. The van der Waals surface area contributed by atoms with Gasteiger partial charge in [-0.2, -0.15) is 0 Å². The first-order valence-corrected chi connectivity index (χ1v) is 8.80. The van der Waals surface area contributed by atoms with Crippen LogP contribution in [0.1, 0.15) is 37.4 Å². The molecular formula is C23H22N2O2. The van der Waals surface area contributed by atoms with Crippen LogP contribution in [-0.4, -0.2) is 11.8 Å². The van der Waals surface area contributed by atoms with Gasteiger partial charge in [-0.1, -0.05) is 48.0 Å². The van der Waals surface area contributed by atoms with Crippen molar-refractivity contribution < 1.29 is 9.59 Å². The van der Waals surface area contributed by atoms with Gasteiger partial charge in [-0.15, -0.1) is 0 Å². The topological polar surface area (TPSA) is 58.2 Å². The Kier molecular flexibility index (Phi) is 5.36. The second-order valence-corrected chi connectivity index (χ2v) is 6.59. The number of para-hydroxylation sites is 1. The first-order valence-electron chi connectivity index (χ1n) is 8.80. The van der Waals surface area contributed by atoms with Crippen LogP contribution in [0.5, 0.6) is 0 Å². The zero-order chi connectivity index (χ0) is 19.4. The van der Waals surface area contributed by atoms with Gasteiger partial charge in [0.1, 0.15) is 0 Å². The van der Waals surface area contributed by atoms with Crippen molar-refractivity contribution in [2.75, 3.05) is 10.6 Å². The average Bonchev–Trinajstić information content (AvgIpc) is 2.65. The van der Waals surface area contributed by atoms with Gasteiger partial charge in [-0.25, -0.2) is 0 Å². The molecule has 0 unspecified atom stereocenters. The smallest absolute Gasteiger partial charge is 0.257 e. The summed E-state index contributed by atoms with van der Waals surface area (Å²) >= 11 is 0. The van der Waals surface area contributed by atoms with Gasteiger partial charge in [-0.05, 0) is 56.2 Å². The molecular weight excluding hydrogens is 336 g/mol. The Bertz CT molecular complexity index is 971. The monoisotopic (exact) mass is 358 g/mol. The van der Waals surface area contributed by atoms with Crippen LogP contribution in [0.15, 0.2) is 66.7 Å². The fourth-order valence-electron chi connectivity index (χ4n) is 3.13. The maximum absolute atomic E-state index is 12.9. The molecule has 0 radical (unpaired) electrons. The molecule has 0 aromatic heterocycles. The van der Waals surface area contributed by atoms with E-state index < -0.39 is 0 Å². The first-order chi connectivity index (χ1) is 13.0. The highest BCUT2D eigenvalue weighted by Gasteiger charge is 2.16. The number of anilines is 2. The van der Waals surface area contributed by atoms with E-state index in [2.05, 4.69) is 10.6 Å². The van der Waals surface area contributed by atoms with E-state index in [1.54, 1.807) is 48.5 Å². The van der Waals surface area contributed by atoms with E-state index in [1.807, 2.05) is 39.0 Å². The molecule has 0 aliphatic carbocycles. The van der Waals surface area contributed by atoms with Gasteiger partial charge >= 0.3 is 0 Å².